The highest BCUT2D eigenvalue weighted by Crippen LogP contribution is 2.24. The van der Waals surface area contributed by atoms with Crippen LogP contribution < -0.4 is 5.32 Å². The molecule has 0 radical (unpaired) electrons. The molecule has 0 atom stereocenters. The van der Waals surface area contributed by atoms with Gasteiger partial charge in [0.05, 0.1) is 5.52 Å². The standard InChI is InChI=1S/C18H20N4O/c23-15-6-7-16-13(12-15)9-11-22(16)17-8-10-19-18(21-17)20-14-4-2-1-3-5-14/h6-12,14,23H,1-5H2,(H,19,20,21). The Morgan fingerprint density at radius 1 is 1.09 bits per heavy atom. The number of phenolic OH excluding ortho intramolecular Hbond substituents is 1. The summed E-state index contributed by atoms with van der Waals surface area (Å²) < 4.78 is 2.02. The molecule has 5 heteroatoms. The molecule has 1 aromatic carbocycles. The number of phenols is 1. The topological polar surface area (TPSA) is 63.0 Å². The molecule has 1 fully saturated rings. The van der Waals surface area contributed by atoms with Gasteiger partial charge in [-0.2, -0.15) is 4.98 Å². The third-order valence-electron chi connectivity index (χ3n) is 4.50. The normalized spacial score (nSPS) is 15.8. The van der Waals surface area contributed by atoms with E-state index in [1.54, 1.807) is 18.3 Å². The second-order valence-corrected chi connectivity index (χ2v) is 6.15. The van der Waals surface area contributed by atoms with Crippen molar-refractivity contribution >= 4 is 16.9 Å². The van der Waals surface area contributed by atoms with Crippen LogP contribution in [-0.2, 0) is 0 Å². The highest BCUT2D eigenvalue weighted by atomic mass is 16.3. The summed E-state index contributed by atoms with van der Waals surface area (Å²) in [4.78, 5) is 9.02. The Bertz CT molecular complexity index is 821. The number of fused-ring (bicyclic) bond motifs is 1. The quantitative estimate of drug-likeness (QED) is 0.771. The van der Waals surface area contributed by atoms with Crippen molar-refractivity contribution in [2.45, 2.75) is 38.1 Å². The van der Waals surface area contributed by atoms with Crippen LogP contribution in [0.15, 0.2) is 42.7 Å². The molecule has 1 aliphatic carbocycles. The average molecular weight is 308 g/mol. The van der Waals surface area contributed by atoms with E-state index in [-0.39, 0.29) is 5.75 Å². The summed E-state index contributed by atoms with van der Waals surface area (Å²) in [6.45, 7) is 0. The lowest BCUT2D eigenvalue weighted by Gasteiger charge is -2.22. The number of nitrogens with one attached hydrogen (secondary N) is 1. The Hall–Kier alpha value is -2.56. The molecule has 0 amide bonds. The van der Waals surface area contributed by atoms with Gasteiger partial charge in [-0.15, -0.1) is 0 Å². The Morgan fingerprint density at radius 2 is 1.96 bits per heavy atom. The number of nitrogens with zero attached hydrogens (tertiary/aromatic N) is 3. The first-order valence-corrected chi connectivity index (χ1v) is 8.20. The van der Waals surface area contributed by atoms with Crippen molar-refractivity contribution in [3.05, 3.63) is 42.7 Å². The molecule has 1 aliphatic rings. The van der Waals surface area contributed by atoms with Crippen molar-refractivity contribution in [3.63, 3.8) is 0 Å². The van der Waals surface area contributed by atoms with Gasteiger partial charge in [0.15, 0.2) is 0 Å². The lowest BCUT2D eigenvalue weighted by atomic mass is 9.96. The summed E-state index contributed by atoms with van der Waals surface area (Å²) in [6.07, 6.45) is 10.0. The molecule has 0 saturated heterocycles. The third-order valence-corrected chi connectivity index (χ3v) is 4.50. The number of hydrogen-bond acceptors (Lipinski definition) is 4. The Kier molecular flexibility index (Phi) is 3.61. The molecule has 3 aromatic rings. The van der Waals surface area contributed by atoms with Crippen LogP contribution >= 0.6 is 0 Å². The van der Waals surface area contributed by atoms with Crippen LogP contribution in [0.3, 0.4) is 0 Å². The number of anilines is 1. The molecular weight excluding hydrogens is 288 g/mol. The maximum Gasteiger partial charge on any atom is 0.224 e. The van der Waals surface area contributed by atoms with Crippen molar-refractivity contribution in [1.82, 2.24) is 14.5 Å². The van der Waals surface area contributed by atoms with Gasteiger partial charge >= 0.3 is 0 Å². The van der Waals surface area contributed by atoms with Gasteiger partial charge < -0.3 is 15.0 Å². The molecule has 0 bridgehead atoms. The molecule has 0 unspecified atom stereocenters. The van der Waals surface area contributed by atoms with E-state index in [2.05, 4.69) is 15.3 Å². The van der Waals surface area contributed by atoms with E-state index in [9.17, 15) is 5.11 Å². The van der Waals surface area contributed by atoms with E-state index >= 15 is 0 Å². The van der Waals surface area contributed by atoms with Crippen LogP contribution in [0.2, 0.25) is 0 Å². The van der Waals surface area contributed by atoms with Crippen molar-refractivity contribution < 1.29 is 5.11 Å². The highest BCUT2D eigenvalue weighted by Gasteiger charge is 2.14. The maximum atomic E-state index is 9.59. The third kappa shape index (κ3) is 2.86. The van der Waals surface area contributed by atoms with Crippen molar-refractivity contribution in [3.8, 4) is 11.6 Å². The first-order valence-electron chi connectivity index (χ1n) is 8.20. The molecule has 118 valence electrons. The van der Waals surface area contributed by atoms with Crippen LogP contribution in [0.5, 0.6) is 5.75 Å². The molecule has 2 aromatic heterocycles. The van der Waals surface area contributed by atoms with E-state index < -0.39 is 0 Å². The van der Waals surface area contributed by atoms with E-state index in [1.165, 1.54) is 32.1 Å². The second-order valence-electron chi connectivity index (χ2n) is 6.15. The molecule has 2 heterocycles. The van der Waals surface area contributed by atoms with Gasteiger partial charge in [0.1, 0.15) is 11.6 Å². The summed E-state index contributed by atoms with van der Waals surface area (Å²) >= 11 is 0. The minimum absolute atomic E-state index is 0.276. The minimum atomic E-state index is 0.276. The number of benzene rings is 1. The van der Waals surface area contributed by atoms with E-state index in [1.807, 2.05) is 29.0 Å². The van der Waals surface area contributed by atoms with E-state index in [0.717, 1.165) is 16.7 Å². The fourth-order valence-electron chi connectivity index (χ4n) is 3.31. The van der Waals surface area contributed by atoms with Gasteiger partial charge in [0, 0.05) is 23.8 Å². The Labute approximate surface area is 135 Å². The van der Waals surface area contributed by atoms with Crippen LogP contribution in [0.4, 0.5) is 5.95 Å². The zero-order valence-corrected chi connectivity index (χ0v) is 12.9. The average Bonchev–Trinajstić information content (AvgIpc) is 2.99. The zero-order chi connectivity index (χ0) is 15.6. The smallest absolute Gasteiger partial charge is 0.224 e. The van der Waals surface area contributed by atoms with Crippen molar-refractivity contribution in [2.75, 3.05) is 5.32 Å². The predicted octanol–water partition coefficient (Wildman–Crippen LogP) is 3.87. The largest absolute Gasteiger partial charge is 0.508 e. The summed E-state index contributed by atoms with van der Waals surface area (Å²) in [5.41, 5.74) is 1.02. The maximum absolute atomic E-state index is 9.59. The molecular formula is C18H20N4O. The number of rotatable bonds is 3. The number of aromatic hydroxyl groups is 1. The Balaban J connectivity index is 1.64. The molecule has 0 aliphatic heterocycles. The Morgan fingerprint density at radius 3 is 2.83 bits per heavy atom. The molecule has 2 N–H and O–H groups in total. The van der Waals surface area contributed by atoms with Gasteiger partial charge in [-0.3, -0.25) is 0 Å². The second kappa shape index (κ2) is 5.91. The number of aromatic nitrogens is 3. The molecule has 0 spiro atoms. The van der Waals surface area contributed by atoms with Crippen LogP contribution in [0.25, 0.3) is 16.7 Å². The lowest BCUT2D eigenvalue weighted by Crippen LogP contribution is -2.23. The first kappa shape index (κ1) is 14.1. The fourth-order valence-corrected chi connectivity index (χ4v) is 3.31. The summed E-state index contributed by atoms with van der Waals surface area (Å²) in [7, 11) is 0. The van der Waals surface area contributed by atoms with Gasteiger partial charge in [-0.05, 0) is 43.2 Å². The number of hydrogen-bond donors (Lipinski definition) is 2. The minimum Gasteiger partial charge on any atom is -0.508 e. The van der Waals surface area contributed by atoms with Crippen LogP contribution in [0.1, 0.15) is 32.1 Å². The molecule has 23 heavy (non-hydrogen) atoms. The van der Waals surface area contributed by atoms with E-state index in [0.29, 0.717) is 12.0 Å². The zero-order valence-electron chi connectivity index (χ0n) is 12.9. The monoisotopic (exact) mass is 308 g/mol. The SMILES string of the molecule is Oc1ccc2c(ccn2-c2ccnc(NC3CCCCC3)n2)c1. The molecule has 5 nitrogen and oxygen atoms in total. The summed E-state index contributed by atoms with van der Waals surface area (Å²) in [5, 5.41) is 14.0. The van der Waals surface area contributed by atoms with Crippen LogP contribution in [-0.4, -0.2) is 25.7 Å². The highest BCUT2D eigenvalue weighted by molar-refractivity contribution is 5.83. The van der Waals surface area contributed by atoms with Gasteiger partial charge in [-0.25, -0.2) is 4.98 Å². The first-order chi connectivity index (χ1) is 11.3. The van der Waals surface area contributed by atoms with Gasteiger partial charge in [0.25, 0.3) is 0 Å². The van der Waals surface area contributed by atoms with Gasteiger partial charge in [-0.1, -0.05) is 19.3 Å². The van der Waals surface area contributed by atoms with E-state index in [4.69, 9.17) is 0 Å². The van der Waals surface area contributed by atoms with Crippen molar-refractivity contribution in [2.24, 2.45) is 0 Å². The lowest BCUT2D eigenvalue weighted by molar-refractivity contribution is 0.461. The summed E-state index contributed by atoms with van der Waals surface area (Å²) in [6, 6.07) is 9.72. The van der Waals surface area contributed by atoms with Crippen LogP contribution in [0, 0.1) is 0 Å². The molecule has 4 rings (SSSR count). The predicted molar refractivity (Wildman–Crippen MR) is 91.0 cm³/mol. The van der Waals surface area contributed by atoms with Gasteiger partial charge in [0.2, 0.25) is 5.95 Å². The molecule has 1 saturated carbocycles. The summed E-state index contributed by atoms with van der Waals surface area (Å²) in [5.74, 6) is 1.80. The fraction of sp³-hybridized carbons (Fsp3) is 0.333. The van der Waals surface area contributed by atoms with Crippen molar-refractivity contribution in [1.29, 1.82) is 0 Å².